The Hall–Kier alpha value is -3.56. The molecule has 36 heavy (non-hydrogen) atoms. The molecular weight excluding hydrogens is 462 g/mol. The molecule has 10 heteroatoms. The molecule has 1 aromatic heterocycles. The molecule has 1 fully saturated rings. The summed E-state index contributed by atoms with van der Waals surface area (Å²) in [5.74, 6) is 0.476. The zero-order chi connectivity index (χ0) is 26.4. The Kier molecular flexibility index (Phi) is 6.49. The lowest BCUT2D eigenvalue weighted by atomic mass is 10.0. The van der Waals surface area contributed by atoms with Gasteiger partial charge in [0.25, 0.3) is 0 Å². The number of hydrogen-bond donors (Lipinski definition) is 1. The zero-order valence-corrected chi connectivity index (χ0v) is 22.0. The van der Waals surface area contributed by atoms with E-state index in [9.17, 15) is 14.7 Å². The van der Waals surface area contributed by atoms with Crippen LogP contribution in [0.25, 0.3) is 11.3 Å². The minimum absolute atomic E-state index is 0.0891. The van der Waals surface area contributed by atoms with Crippen molar-refractivity contribution in [2.45, 2.75) is 71.8 Å². The van der Waals surface area contributed by atoms with Gasteiger partial charge in [0.1, 0.15) is 17.0 Å². The van der Waals surface area contributed by atoms with Gasteiger partial charge >= 0.3 is 12.2 Å². The lowest BCUT2D eigenvalue weighted by Gasteiger charge is -2.50. The van der Waals surface area contributed by atoms with E-state index in [1.54, 1.807) is 23.1 Å². The number of rotatable bonds is 1. The largest absolute Gasteiger partial charge is 0.507 e. The molecule has 0 aliphatic carbocycles. The second-order valence-corrected chi connectivity index (χ2v) is 11.3. The maximum Gasteiger partial charge on any atom is 0.416 e. The van der Waals surface area contributed by atoms with Gasteiger partial charge in [-0.2, -0.15) is 0 Å². The molecule has 0 radical (unpaired) electrons. The Morgan fingerprint density at radius 3 is 2.22 bits per heavy atom. The van der Waals surface area contributed by atoms with Crippen molar-refractivity contribution >= 4 is 23.7 Å². The highest BCUT2D eigenvalue weighted by Gasteiger charge is 2.44. The number of fused-ring (bicyclic) bond motifs is 3. The van der Waals surface area contributed by atoms with E-state index in [1.165, 1.54) is 4.90 Å². The van der Waals surface area contributed by atoms with Crippen LogP contribution in [0.5, 0.6) is 5.75 Å². The summed E-state index contributed by atoms with van der Waals surface area (Å²) < 4.78 is 11.3. The van der Waals surface area contributed by atoms with Crippen molar-refractivity contribution in [2.75, 3.05) is 29.4 Å². The first-order valence-electron chi connectivity index (χ1n) is 12.2. The Morgan fingerprint density at radius 2 is 1.58 bits per heavy atom. The van der Waals surface area contributed by atoms with Crippen LogP contribution in [0.4, 0.5) is 21.1 Å². The van der Waals surface area contributed by atoms with Gasteiger partial charge in [-0.3, -0.25) is 4.90 Å². The van der Waals surface area contributed by atoms with E-state index in [1.807, 2.05) is 60.6 Å². The van der Waals surface area contributed by atoms with Crippen molar-refractivity contribution in [2.24, 2.45) is 0 Å². The number of carbonyl (C=O) groups excluding carboxylic acids is 2. The normalized spacial score (nSPS) is 19.9. The molecule has 194 valence electrons. The summed E-state index contributed by atoms with van der Waals surface area (Å²) in [7, 11) is 0. The average molecular weight is 498 g/mol. The first kappa shape index (κ1) is 25.5. The van der Waals surface area contributed by atoms with Crippen molar-refractivity contribution in [3.63, 3.8) is 0 Å². The summed E-state index contributed by atoms with van der Waals surface area (Å²) in [5, 5.41) is 19.1. The quantitative estimate of drug-likeness (QED) is 0.617. The molecule has 10 nitrogen and oxygen atoms in total. The molecule has 2 aliphatic heterocycles. The molecule has 2 atom stereocenters. The van der Waals surface area contributed by atoms with E-state index in [-0.39, 0.29) is 30.5 Å². The van der Waals surface area contributed by atoms with Crippen molar-refractivity contribution in [1.29, 1.82) is 0 Å². The Bertz CT molecular complexity index is 1160. The number of ether oxygens (including phenoxy) is 2. The predicted octanol–water partition coefficient (Wildman–Crippen LogP) is 4.42. The number of phenols is 1. The van der Waals surface area contributed by atoms with Crippen LogP contribution in [-0.2, 0) is 9.47 Å². The standard InChI is InChI=1S/C26H35N5O5/c1-16-13-30-17(14-29(16)23(33)35-25(2,3)4)15-31(24(34)36-26(5,6)7)22-20(30)12-19(27-28-22)18-10-8-9-11-21(18)32/h8-12,16-17,32H,13-15H2,1-7H3/t16-,17+/m0/s1. The van der Waals surface area contributed by atoms with E-state index >= 15 is 0 Å². The number of anilines is 2. The van der Waals surface area contributed by atoms with Gasteiger partial charge in [-0.15, -0.1) is 10.2 Å². The third-order valence-corrected chi connectivity index (χ3v) is 5.98. The van der Waals surface area contributed by atoms with Gasteiger partial charge < -0.3 is 24.4 Å². The van der Waals surface area contributed by atoms with Crippen molar-refractivity contribution in [3.8, 4) is 17.0 Å². The van der Waals surface area contributed by atoms with Crippen molar-refractivity contribution in [1.82, 2.24) is 15.1 Å². The number of para-hydroxylation sites is 1. The minimum atomic E-state index is -0.693. The average Bonchev–Trinajstić information content (AvgIpc) is 2.76. The number of phenolic OH excluding ortho intramolecular Hbond substituents is 1. The van der Waals surface area contributed by atoms with Crippen LogP contribution >= 0.6 is 0 Å². The second kappa shape index (κ2) is 9.15. The van der Waals surface area contributed by atoms with E-state index < -0.39 is 17.3 Å². The first-order chi connectivity index (χ1) is 16.7. The Balaban J connectivity index is 1.73. The molecule has 2 amide bonds. The van der Waals surface area contributed by atoms with Gasteiger partial charge in [-0.05, 0) is 66.7 Å². The summed E-state index contributed by atoms with van der Waals surface area (Å²) in [5.41, 5.74) is 0.415. The number of aromatic hydroxyl groups is 1. The van der Waals surface area contributed by atoms with E-state index in [0.717, 1.165) is 0 Å². The molecule has 1 saturated heterocycles. The van der Waals surface area contributed by atoms with Crippen LogP contribution in [0.2, 0.25) is 0 Å². The number of nitrogens with zero attached hydrogens (tertiary/aromatic N) is 5. The molecule has 3 heterocycles. The second-order valence-electron chi connectivity index (χ2n) is 11.3. The smallest absolute Gasteiger partial charge is 0.416 e. The van der Waals surface area contributed by atoms with Gasteiger partial charge in [-0.1, -0.05) is 12.1 Å². The highest BCUT2D eigenvalue weighted by molar-refractivity contribution is 5.93. The molecule has 4 rings (SSSR count). The summed E-state index contributed by atoms with van der Waals surface area (Å²) in [6.45, 7) is 14.1. The number of carbonyl (C=O) groups is 2. The number of hydrogen-bond acceptors (Lipinski definition) is 8. The van der Waals surface area contributed by atoms with Crippen LogP contribution in [0.15, 0.2) is 30.3 Å². The fraction of sp³-hybridized carbons (Fsp3) is 0.538. The van der Waals surface area contributed by atoms with E-state index in [0.29, 0.717) is 35.9 Å². The van der Waals surface area contributed by atoms with Crippen LogP contribution in [-0.4, -0.2) is 75.3 Å². The van der Waals surface area contributed by atoms with Gasteiger partial charge in [0.05, 0.1) is 24.0 Å². The number of piperazine rings is 1. The lowest BCUT2D eigenvalue weighted by Crippen LogP contribution is -2.65. The third-order valence-electron chi connectivity index (χ3n) is 5.98. The highest BCUT2D eigenvalue weighted by Crippen LogP contribution is 2.40. The zero-order valence-electron chi connectivity index (χ0n) is 22.0. The van der Waals surface area contributed by atoms with Gasteiger partial charge in [0.2, 0.25) is 0 Å². The maximum atomic E-state index is 13.2. The molecule has 0 unspecified atom stereocenters. The van der Waals surface area contributed by atoms with Crippen LogP contribution < -0.4 is 9.80 Å². The summed E-state index contributed by atoms with van der Waals surface area (Å²) in [4.78, 5) is 31.5. The minimum Gasteiger partial charge on any atom is -0.507 e. The summed E-state index contributed by atoms with van der Waals surface area (Å²) in [6.07, 6.45) is -0.914. The van der Waals surface area contributed by atoms with Crippen molar-refractivity contribution in [3.05, 3.63) is 30.3 Å². The first-order valence-corrected chi connectivity index (χ1v) is 12.2. The molecule has 0 bridgehead atoms. The monoisotopic (exact) mass is 497 g/mol. The van der Waals surface area contributed by atoms with Gasteiger partial charge in [0, 0.05) is 24.7 Å². The molecule has 0 spiro atoms. The van der Waals surface area contributed by atoms with Gasteiger partial charge in [-0.25, -0.2) is 9.59 Å². The topological polar surface area (TPSA) is 108 Å². The fourth-order valence-corrected chi connectivity index (χ4v) is 4.44. The number of aromatic nitrogens is 2. The molecule has 1 N–H and O–H groups in total. The van der Waals surface area contributed by atoms with Gasteiger partial charge in [0.15, 0.2) is 5.82 Å². The third kappa shape index (κ3) is 5.32. The van der Waals surface area contributed by atoms with E-state index in [2.05, 4.69) is 15.1 Å². The predicted molar refractivity (Wildman–Crippen MR) is 136 cm³/mol. The Morgan fingerprint density at radius 1 is 0.944 bits per heavy atom. The van der Waals surface area contributed by atoms with Crippen LogP contribution in [0.1, 0.15) is 48.5 Å². The van der Waals surface area contributed by atoms with E-state index in [4.69, 9.17) is 9.47 Å². The number of benzene rings is 1. The summed E-state index contributed by atoms with van der Waals surface area (Å²) in [6, 6.07) is 8.38. The van der Waals surface area contributed by atoms with Crippen LogP contribution in [0.3, 0.4) is 0 Å². The maximum absolute atomic E-state index is 13.2. The highest BCUT2D eigenvalue weighted by atomic mass is 16.6. The SMILES string of the molecule is C[C@H]1CN2c3cc(-c4ccccc4O)nnc3N(C(=O)OC(C)(C)C)C[C@H]2CN1C(=O)OC(C)(C)C. The fourth-order valence-electron chi connectivity index (χ4n) is 4.44. The lowest BCUT2D eigenvalue weighted by molar-refractivity contribution is 0.0124. The molecule has 0 saturated carbocycles. The molecule has 2 aliphatic rings. The summed E-state index contributed by atoms with van der Waals surface area (Å²) >= 11 is 0. The van der Waals surface area contributed by atoms with Crippen LogP contribution in [0, 0.1) is 0 Å². The molecule has 1 aromatic carbocycles. The molecular formula is C26H35N5O5. The number of amides is 2. The molecule has 2 aromatic rings. The van der Waals surface area contributed by atoms with Crippen molar-refractivity contribution < 1.29 is 24.2 Å². The Labute approximate surface area is 211 Å².